The Balaban J connectivity index is 2.50. The van der Waals surface area contributed by atoms with Crippen LogP contribution in [0.3, 0.4) is 0 Å². The number of rotatable bonds is 6. The molecular formula is C15H19NO4. The number of allylic oxidation sites excluding steroid dienone is 1. The maximum atomic E-state index is 11.5. The Morgan fingerprint density at radius 3 is 2.50 bits per heavy atom. The zero-order valence-electron chi connectivity index (χ0n) is 11.6. The molecule has 0 aliphatic carbocycles. The number of hydrogen-bond donors (Lipinski definition) is 2. The van der Waals surface area contributed by atoms with Gasteiger partial charge in [0.15, 0.2) is 0 Å². The number of carbonyl (C=O) groups excluding carboxylic acids is 1. The minimum atomic E-state index is -1.18. The number of amides is 1. The van der Waals surface area contributed by atoms with Crippen LogP contribution < -0.4 is 5.32 Å². The number of carboxylic acids is 1. The van der Waals surface area contributed by atoms with Crippen molar-refractivity contribution in [1.82, 2.24) is 5.32 Å². The van der Waals surface area contributed by atoms with Crippen molar-refractivity contribution in [3.05, 3.63) is 47.7 Å². The lowest BCUT2D eigenvalue weighted by Crippen LogP contribution is -2.28. The summed E-state index contributed by atoms with van der Waals surface area (Å²) in [5.41, 5.74) is 0.683. The highest BCUT2D eigenvalue weighted by Gasteiger charge is 2.12. The minimum Gasteiger partial charge on any atom is -0.477 e. The highest BCUT2D eigenvalue weighted by molar-refractivity contribution is 5.90. The summed E-state index contributed by atoms with van der Waals surface area (Å²) in [6.07, 6.45) is 1.28. The fourth-order valence-corrected chi connectivity index (χ4v) is 1.41. The number of carboxylic acid groups (broad SMARTS) is 1. The van der Waals surface area contributed by atoms with Gasteiger partial charge in [-0.3, -0.25) is 5.32 Å². The fourth-order valence-electron chi connectivity index (χ4n) is 1.41. The van der Waals surface area contributed by atoms with Gasteiger partial charge in [-0.25, -0.2) is 9.59 Å². The quantitative estimate of drug-likeness (QED) is 0.784. The lowest BCUT2D eigenvalue weighted by Gasteiger charge is -2.08. The van der Waals surface area contributed by atoms with E-state index in [-0.39, 0.29) is 12.3 Å². The van der Waals surface area contributed by atoms with Crippen molar-refractivity contribution in [3.8, 4) is 0 Å². The van der Waals surface area contributed by atoms with Gasteiger partial charge >= 0.3 is 12.1 Å². The summed E-state index contributed by atoms with van der Waals surface area (Å²) in [6, 6.07) is 9.17. The van der Waals surface area contributed by atoms with Crippen LogP contribution in [0.15, 0.2) is 42.1 Å². The zero-order valence-corrected chi connectivity index (χ0v) is 11.6. The maximum absolute atomic E-state index is 11.5. The van der Waals surface area contributed by atoms with Crippen LogP contribution in [0.4, 0.5) is 4.79 Å². The van der Waals surface area contributed by atoms with Crippen molar-refractivity contribution in [2.24, 2.45) is 5.92 Å². The average Bonchev–Trinajstić information content (AvgIpc) is 2.41. The Labute approximate surface area is 118 Å². The standard InChI is InChI=1S/C15H19NO4/c1-11(2)8-9-13(14(17)18)16-15(19)20-10-12-6-4-3-5-7-12/h3-7,9,11H,8,10H2,1-2H3,(H,16,19)(H,17,18). The van der Waals surface area contributed by atoms with Gasteiger partial charge in [0.05, 0.1) is 0 Å². The van der Waals surface area contributed by atoms with E-state index in [1.165, 1.54) is 6.08 Å². The van der Waals surface area contributed by atoms with Gasteiger partial charge in [0.25, 0.3) is 0 Å². The van der Waals surface area contributed by atoms with E-state index in [4.69, 9.17) is 9.84 Å². The maximum Gasteiger partial charge on any atom is 0.412 e. The molecule has 1 aromatic rings. The van der Waals surface area contributed by atoms with Crippen LogP contribution in [-0.2, 0) is 16.1 Å². The van der Waals surface area contributed by atoms with E-state index in [2.05, 4.69) is 5.32 Å². The zero-order chi connectivity index (χ0) is 15.0. The SMILES string of the molecule is CC(C)CC=C(NC(=O)OCc1ccccc1)C(=O)O. The fraction of sp³-hybridized carbons (Fsp3) is 0.333. The number of benzene rings is 1. The van der Waals surface area contributed by atoms with E-state index in [0.29, 0.717) is 12.3 Å². The Morgan fingerprint density at radius 2 is 1.95 bits per heavy atom. The van der Waals surface area contributed by atoms with Crippen molar-refractivity contribution in [3.63, 3.8) is 0 Å². The van der Waals surface area contributed by atoms with E-state index >= 15 is 0 Å². The molecule has 0 bridgehead atoms. The first-order chi connectivity index (χ1) is 9.49. The molecule has 0 aliphatic rings. The van der Waals surface area contributed by atoms with Crippen LogP contribution in [0, 0.1) is 5.92 Å². The summed E-state index contributed by atoms with van der Waals surface area (Å²) in [6.45, 7) is 4.02. The van der Waals surface area contributed by atoms with E-state index in [9.17, 15) is 9.59 Å². The monoisotopic (exact) mass is 277 g/mol. The summed E-state index contributed by atoms with van der Waals surface area (Å²) in [4.78, 5) is 22.5. The highest BCUT2D eigenvalue weighted by atomic mass is 16.5. The Morgan fingerprint density at radius 1 is 1.30 bits per heavy atom. The topological polar surface area (TPSA) is 75.6 Å². The van der Waals surface area contributed by atoms with Gasteiger partial charge in [0.1, 0.15) is 12.3 Å². The van der Waals surface area contributed by atoms with Crippen molar-refractivity contribution in [2.45, 2.75) is 26.9 Å². The first kappa shape index (κ1) is 15.8. The molecule has 0 aromatic heterocycles. The molecule has 5 nitrogen and oxygen atoms in total. The predicted molar refractivity (Wildman–Crippen MR) is 74.9 cm³/mol. The summed E-state index contributed by atoms with van der Waals surface area (Å²) in [5, 5.41) is 11.2. The predicted octanol–water partition coefficient (Wildman–Crippen LogP) is 2.93. The lowest BCUT2D eigenvalue weighted by atomic mass is 10.1. The van der Waals surface area contributed by atoms with Gasteiger partial charge < -0.3 is 9.84 Å². The molecule has 0 unspecified atom stereocenters. The number of nitrogens with one attached hydrogen (secondary N) is 1. The average molecular weight is 277 g/mol. The van der Waals surface area contributed by atoms with Crippen molar-refractivity contribution in [2.75, 3.05) is 0 Å². The molecule has 0 radical (unpaired) electrons. The number of ether oxygens (including phenoxy) is 1. The molecule has 1 amide bonds. The molecule has 0 saturated heterocycles. The molecule has 20 heavy (non-hydrogen) atoms. The first-order valence-electron chi connectivity index (χ1n) is 6.40. The minimum absolute atomic E-state index is 0.101. The van der Waals surface area contributed by atoms with Gasteiger partial charge in [-0.15, -0.1) is 0 Å². The number of carbonyl (C=O) groups is 2. The van der Waals surface area contributed by atoms with Gasteiger partial charge in [0, 0.05) is 0 Å². The highest BCUT2D eigenvalue weighted by Crippen LogP contribution is 2.04. The van der Waals surface area contributed by atoms with E-state index in [0.717, 1.165) is 5.56 Å². The normalized spacial score (nSPS) is 11.2. The molecule has 2 N–H and O–H groups in total. The number of aliphatic carboxylic acids is 1. The largest absolute Gasteiger partial charge is 0.477 e. The smallest absolute Gasteiger partial charge is 0.412 e. The third-order valence-corrected chi connectivity index (χ3v) is 2.47. The summed E-state index contributed by atoms with van der Waals surface area (Å²) >= 11 is 0. The van der Waals surface area contributed by atoms with Gasteiger partial charge in [-0.1, -0.05) is 50.3 Å². The molecule has 5 heteroatoms. The molecule has 0 fully saturated rings. The Kier molecular flexibility index (Phi) is 6.29. The molecule has 0 spiro atoms. The van der Waals surface area contributed by atoms with Crippen LogP contribution in [0.2, 0.25) is 0 Å². The van der Waals surface area contributed by atoms with Gasteiger partial charge in [-0.05, 0) is 17.9 Å². The Hall–Kier alpha value is -2.30. The van der Waals surface area contributed by atoms with Crippen LogP contribution in [0.25, 0.3) is 0 Å². The van der Waals surface area contributed by atoms with Gasteiger partial charge in [-0.2, -0.15) is 0 Å². The third kappa shape index (κ3) is 6.04. The van der Waals surface area contributed by atoms with Crippen LogP contribution >= 0.6 is 0 Å². The molecule has 1 aromatic carbocycles. The molecule has 0 atom stereocenters. The molecule has 0 saturated carbocycles. The molecule has 1 rings (SSSR count). The molecule has 0 heterocycles. The van der Waals surface area contributed by atoms with E-state index in [1.54, 1.807) is 0 Å². The Bertz CT molecular complexity index is 480. The first-order valence-corrected chi connectivity index (χ1v) is 6.40. The summed E-state index contributed by atoms with van der Waals surface area (Å²) < 4.78 is 4.96. The molecule has 0 aliphatic heterocycles. The van der Waals surface area contributed by atoms with Crippen molar-refractivity contribution < 1.29 is 19.4 Å². The lowest BCUT2D eigenvalue weighted by molar-refractivity contribution is -0.133. The number of hydrogen-bond acceptors (Lipinski definition) is 3. The second-order valence-electron chi connectivity index (χ2n) is 4.74. The molecular weight excluding hydrogens is 258 g/mol. The molecule has 108 valence electrons. The van der Waals surface area contributed by atoms with Crippen LogP contribution in [0.1, 0.15) is 25.8 Å². The van der Waals surface area contributed by atoms with Crippen molar-refractivity contribution >= 4 is 12.1 Å². The summed E-state index contributed by atoms with van der Waals surface area (Å²) in [7, 11) is 0. The van der Waals surface area contributed by atoms with Crippen LogP contribution in [0.5, 0.6) is 0 Å². The third-order valence-electron chi connectivity index (χ3n) is 2.47. The van der Waals surface area contributed by atoms with Crippen molar-refractivity contribution in [1.29, 1.82) is 0 Å². The number of alkyl carbamates (subject to hydrolysis) is 1. The van der Waals surface area contributed by atoms with Crippen LogP contribution in [-0.4, -0.2) is 17.2 Å². The second-order valence-corrected chi connectivity index (χ2v) is 4.74. The van der Waals surface area contributed by atoms with E-state index in [1.807, 2.05) is 44.2 Å². The summed E-state index contributed by atoms with van der Waals surface area (Å²) in [5.74, 6) is -0.867. The second kappa shape index (κ2) is 7.99. The van der Waals surface area contributed by atoms with Gasteiger partial charge in [0.2, 0.25) is 0 Å². The van der Waals surface area contributed by atoms with E-state index < -0.39 is 12.1 Å².